The third-order valence-corrected chi connectivity index (χ3v) is 9.11. The molecule has 2 fully saturated rings. The van der Waals surface area contributed by atoms with E-state index in [0.29, 0.717) is 0 Å². The molecule has 2 saturated carbocycles. The van der Waals surface area contributed by atoms with Crippen LogP contribution in [0.25, 0.3) is 0 Å². The summed E-state index contributed by atoms with van der Waals surface area (Å²) in [6.07, 6.45) is 15.1. The summed E-state index contributed by atoms with van der Waals surface area (Å²) in [5, 5.41) is 1.74. The number of hydrogen-bond donors (Lipinski definition) is 0. The van der Waals surface area contributed by atoms with Gasteiger partial charge in [-0.1, -0.05) is 31.0 Å². The van der Waals surface area contributed by atoms with Crippen LogP contribution in [0, 0.1) is 0 Å². The fraction of sp³-hybridized carbons (Fsp3) is 0.667. The van der Waals surface area contributed by atoms with Crippen LogP contribution in [-0.2, 0) is 19.5 Å². The Hall–Kier alpha value is 0.273. The van der Waals surface area contributed by atoms with E-state index in [2.05, 4.69) is 30.3 Å². The summed E-state index contributed by atoms with van der Waals surface area (Å²) in [5.41, 5.74) is 2.15. The van der Waals surface area contributed by atoms with Gasteiger partial charge >= 0.3 is 0 Å². The molecule has 0 amide bonds. The SMILES string of the molecule is [Rh].c1ccc([PH+](C2CCCCC2)C2CCCCC2)cc1. The summed E-state index contributed by atoms with van der Waals surface area (Å²) in [4.78, 5) is 0. The molecule has 2 aliphatic carbocycles. The van der Waals surface area contributed by atoms with E-state index in [0.717, 1.165) is 11.3 Å². The Morgan fingerprint density at radius 3 is 1.55 bits per heavy atom. The van der Waals surface area contributed by atoms with Gasteiger partial charge in [-0.25, -0.2) is 0 Å². The second-order valence-electron chi connectivity index (χ2n) is 6.49. The molecule has 0 nitrogen and oxygen atoms in total. The molecular formula is C18H28PRh+. The average molecular weight is 378 g/mol. The number of hydrogen-bond acceptors (Lipinski definition) is 0. The standard InChI is InChI=1S/C18H27P.Rh/c1-4-10-16(11-5-1)19(17-12-6-2-7-13-17)18-14-8-3-9-15-18;/h1,4-5,10-11,17-18H,2-3,6-9,12-15H2;/p+1. The monoisotopic (exact) mass is 378 g/mol. The molecule has 0 unspecified atom stereocenters. The summed E-state index contributed by atoms with van der Waals surface area (Å²) in [5.74, 6) is 0. The molecule has 1 aromatic rings. The molecule has 2 heteroatoms. The molecule has 0 aromatic heterocycles. The first kappa shape index (κ1) is 16.6. The van der Waals surface area contributed by atoms with Gasteiger partial charge in [0.2, 0.25) is 0 Å². The summed E-state index contributed by atoms with van der Waals surface area (Å²) in [6.45, 7) is 0. The second-order valence-corrected chi connectivity index (χ2v) is 9.61. The van der Waals surface area contributed by atoms with Crippen LogP contribution in [0.3, 0.4) is 0 Å². The predicted molar refractivity (Wildman–Crippen MR) is 88.1 cm³/mol. The van der Waals surface area contributed by atoms with Crippen LogP contribution in [0.2, 0.25) is 0 Å². The van der Waals surface area contributed by atoms with Crippen LogP contribution in [0.1, 0.15) is 64.2 Å². The van der Waals surface area contributed by atoms with Gasteiger partial charge in [0.15, 0.2) is 0 Å². The van der Waals surface area contributed by atoms with Crippen molar-refractivity contribution in [3.05, 3.63) is 30.3 Å². The topological polar surface area (TPSA) is 0 Å². The maximum Gasteiger partial charge on any atom is 0.0920 e. The smallest absolute Gasteiger partial charge is 0.0620 e. The Balaban J connectivity index is 0.00000147. The average Bonchev–Trinajstić information content (AvgIpc) is 2.51. The molecule has 0 saturated heterocycles. The van der Waals surface area contributed by atoms with Crippen LogP contribution in [0.4, 0.5) is 0 Å². The van der Waals surface area contributed by atoms with Gasteiger partial charge in [-0.05, 0) is 63.5 Å². The molecule has 20 heavy (non-hydrogen) atoms. The van der Waals surface area contributed by atoms with Crippen molar-refractivity contribution in [3.8, 4) is 0 Å². The molecule has 0 bridgehead atoms. The van der Waals surface area contributed by atoms with Crippen LogP contribution in [0.15, 0.2) is 30.3 Å². The van der Waals surface area contributed by atoms with Gasteiger partial charge in [-0.15, -0.1) is 0 Å². The molecule has 2 aliphatic rings. The fourth-order valence-corrected chi connectivity index (χ4v) is 8.51. The van der Waals surface area contributed by atoms with Crippen LogP contribution >= 0.6 is 7.92 Å². The van der Waals surface area contributed by atoms with Gasteiger partial charge in [-0.2, -0.15) is 0 Å². The molecular weight excluding hydrogens is 350 g/mol. The van der Waals surface area contributed by atoms with E-state index in [-0.39, 0.29) is 27.4 Å². The third kappa shape index (κ3) is 4.14. The number of rotatable bonds is 3. The van der Waals surface area contributed by atoms with E-state index in [1.54, 1.807) is 5.30 Å². The van der Waals surface area contributed by atoms with Crippen LogP contribution < -0.4 is 5.30 Å². The first-order valence-corrected chi connectivity index (χ1v) is 10.0. The molecule has 0 N–H and O–H groups in total. The minimum Gasteiger partial charge on any atom is -0.0620 e. The molecule has 113 valence electrons. The first-order chi connectivity index (χ1) is 9.45. The van der Waals surface area contributed by atoms with Crippen molar-refractivity contribution in [2.24, 2.45) is 0 Å². The van der Waals surface area contributed by atoms with Crippen molar-refractivity contribution in [1.29, 1.82) is 0 Å². The maximum atomic E-state index is 2.44. The molecule has 0 aliphatic heterocycles. The van der Waals surface area contributed by atoms with Crippen LogP contribution in [-0.4, -0.2) is 11.3 Å². The second kappa shape index (κ2) is 8.65. The van der Waals surface area contributed by atoms with Crippen molar-refractivity contribution in [1.82, 2.24) is 0 Å². The maximum absolute atomic E-state index is 2.44. The van der Waals surface area contributed by atoms with Gasteiger partial charge in [0.05, 0.1) is 16.6 Å². The van der Waals surface area contributed by atoms with Gasteiger partial charge in [0.1, 0.15) is 0 Å². The van der Waals surface area contributed by atoms with E-state index < -0.39 is 0 Å². The Morgan fingerprint density at radius 1 is 0.650 bits per heavy atom. The predicted octanol–water partition coefficient (Wildman–Crippen LogP) is 5.19. The molecule has 1 radical (unpaired) electrons. The Kier molecular flexibility index (Phi) is 7.20. The third-order valence-electron chi connectivity index (χ3n) is 5.20. The quantitative estimate of drug-likeness (QED) is 0.502. The summed E-state index contributed by atoms with van der Waals surface area (Å²) in [6, 6.07) is 11.6. The Morgan fingerprint density at radius 2 is 1.10 bits per heavy atom. The van der Waals surface area contributed by atoms with E-state index in [4.69, 9.17) is 0 Å². The van der Waals surface area contributed by atoms with Gasteiger partial charge in [0.25, 0.3) is 0 Å². The molecule has 3 rings (SSSR count). The van der Waals surface area contributed by atoms with Crippen LogP contribution in [0.5, 0.6) is 0 Å². The zero-order valence-electron chi connectivity index (χ0n) is 12.4. The Labute approximate surface area is 138 Å². The van der Waals surface area contributed by atoms with Crippen molar-refractivity contribution in [2.45, 2.75) is 75.5 Å². The first-order valence-electron chi connectivity index (χ1n) is 8.37. The van der Waals surface area contributed by atoms with Gasteiger partial charge in [0, 0.05) is 27.4 Å². The van der Waals surface area contributed by atoms with Crippen molar-refractivity contribution in [2.75, 3.05) is 0 Å². The molecule has 0 spiro atoms. The zero-order chi connectivity index (χ0) is 12.9. The van der Waals surface area contributed by atoms with Crippen molar-refractivity contribution >= 4 is 13.2 Å². The normalized spacial score (nSPS) is 21.6. The number of benzene rings is 1. The van der Waals surface area contributed by atoms with Crippen molar-refractivity contribution in [3.63, 3.8) is 0 Å². The van der Waals surface area contributed by atoms with E-state index >= 15 is 0 Å². The molecule has 0 atom stereocenters. The zero-order valence-corrected chi connectivity index (χ0v) is 15.1. The minimum absolute atomic E-state index is 0. The summed E-state index contributed by atoms with van der Waals surface area (Å²) in [7, 11) is -0.323. The fourth-order valence-electron chi connectivity index (χ4n) is 4.26. The minimum atomic E-state index is -0.323. The van der Waals surface area contributed by atoms with E-state index in [9.17, 15) is 0 Å². The molecule has 0 heterocycles. The van der Waals surface area contributed by atoms with Gasteiger partial charge < -0.3 is 0 Å². The Bertz CT molecular complexity index is 348. The summed E-state index contributed by atoms with van der Waals surface area (Å²) >= 11 is 0. The van der Waals surface area contributed by atoms with Gasteiger partial charge in [-0.3, -0.25) is 0 Å². The van der Waals surface area contributed by atoms with Crippen molar-refractivity contribution < 1.29 is 19.5 Å². The largest absolute Gasteiger partial charge is 0.0920 e. The summed E-state index contributed by atoms with van der Waals surface area (Å²) < 4.78 is 0. The molecule has 1 aromatic carbocycles. The van der Waals surface area contributed by atoms with E-state index in [1.807, 2.05) is 0 Å². The van der Waals surface area contributed by atoms with E-state index in [1.165, 1.54) is 64.2 Å².